The average Bonchev–Trinajstić information content (AvgIpc) is 2.67. The Hall–Kier alpha value is -2.29. The number of hydrogen-bond acceptors (Lipinski definition) is 4. The van der Waals surface area contributed by atoms with E-state index in [0.29, 0.717) is 17.3 Å². The zero-order valence-electron chi connectivity index (χ0n) is 9.53. The number of H-pyrrole nitrogens is 1. The van der Waals surface area contributed by atoms with Gasteiger partial charge in [-0.15, -0.1) is 12.3 Å². The Balaban J connectivity index is 2.20. The van der Waals surface area contributed by atoms with Gasteiger partial charge in [0.15, 0.2) is 5.65 Å². The molecular weight excluding hydrogens is 218 g/mol. The van der Waals surface area contributed by atoms with Gasteiger partial charge in [-0.2, -0.15) is 5.10 Å². The third kappa shape index (κ3) is 2.28. The third-order valence-corrected chi connectivity index (χ3v) is 2.37. The Morgan fingerprint density at radius 3 is 3.24 bits per heavy atom. The van der Waals surface area contributed by atoms with Crippen LogP contribution in [0.15, 0.2) is 10.9 Å². The van der Waals surface area contributed by atoms with Gasteiger partial charge in [0.05, 0.1) is 0 Å². The maximum atomic E-state index is 11.4. The quantitative estimate of drug-likeness (QED) is 0.595. The predicted molar refractivity (Wildman–Crippen MR) is 64.9 cm³/mol. The lowest BCUT2D eigenvalue weighted by atomic mass is 10.3. The lowest BCUT2D eigenvalue weighted by Gasteiger charge is -2.05. The fourth-order valence-electron chi connectivity index (χ4n) is 1.60. The number of nitrogens with one attached hydrogen (secondary N) is 2. The van der Waals surface area contributed by atoms with Gasteiger partial charge in [-0.05, 0) is 13.3 Å². The minimum atomic E-state index is -0.274. The van der Waals surface area contributed by atoms with Crippen molar-refractivity contribution in [1.82, 2.24) is 19.6 Å². The molecule has 0 unspecified atom stereocenters. The Labute approximate surface area is 98.1 Å². The van der Waals surface area contributed by atoms with Crippen LogP contribution in [0.1, 0.15) is 18.7 Å². The number of terminal acetylenes is 1. The van der Waals surface area contributed by atoms with Crippen molar-refractivity contribution >= 4 is 11.5 Å². The van der Waals surface area contributed by atoms with Crippen molar-refractivity contribution < 1.29 is 0 Å². The molecule has 0 bridgehead atoms. The van der Waals surface area contributed by atoms with Crippen LogP contribution in [-0.2, 0) is 0 Å². The van der Waals surface area contributed by atoms with E-state index in [9.17, 15) is 4.79 Å². The second-order valence-electron chi connectivity index (χ2n) is 3.65. The summed E-state index contributed by atoms with van der Waals surface area (Å²) in [6.45, 7) is 2.51. The first-order valence-electron chi connectivity index (χ1n) is 5.34. The summed E-state index contributed by atoms with van der Waals surface area (Å²) in [5.41, 5.74) is 0.283. The first-order chi connectivity index (χ1) is 8.22. The molecule has 88 valence electrons. The number of rotatable bonds is 4. The van der Waals surface area contributed by atoms with Crippen molar-refractivity contribution in [3.63, 3.8) is 0 Å². The highest BCUT2D eigenvalue weighted by molar-refractivity contribution is 5.49. The van der Waals surface area contributed by atoms with Gasteiger partial charge in [0.25, 0.3) is 0 Å². The molecule has 2 heterocycles. The summed E-state index contributed by atoms with van der Waals surface area (Å²) in [5, 5.41) is 9.43. The zero-order chi connectivity index (χ0) is 12.3. The molecule has 0 aromatic carbocycles. The molecule has 0 aliphatic carbocycles. The molecule has 2 N–H and O–H groups in total. The molecule has 0 atom stereocenters. The summed E-state index contributed by atoms with van der Waals surface area (Å²) in [4.78, 5) is 15.6. The van der Waals surface area contributed by atoms with Gasteiger partial charge in [-0.25, -0.2) is 19.3 Å². The fraction of sp³-hybridized carbons (Fsp3) is 0.364. The van der Waals surface area contributed by atoms with Crippen LogP contribution >= 0.6 is 0 Å². The Bertz CT molecular complexity index is 619. The van der Waals surface area contributed by atoms with Gasteiger partial charge in [0, 0.05) is 19.0 Å². The van der Waals surface area contributed by atoms with Crippen LogP contribution in [0.3, 0.4) is 0 Å². The smallest absolute Gasteiger partial charge is 0.349 e. The largest absolute Gasteiger partial charge is 0.370 e. The molecule has 2 rings (SSSR count). The molecular formula is C11H13N5O. The lowest BCUT2D eigenvalue weighted by Crippen LogP contribution is -2.14. The Kier molecular flexibility index (Phi) is 3.10. The van der Waals surface area contributed by atoms with E-state index in [1.807, 2.05) is 0 Å². The van der Waals surface area contributed by atoms with Crippen LogP contribution in [0.5, 0.6) is 0 Å². The number of hydrogen-bond donors (Lipinski definition) is 2. The lowest BCUT2D eigenvalue weighted by molar-refractivity contribution is 0.887. The summed E-state index contributed by atoms with van der Waals surface area (Å²) < 4.78 is 1.42. The van der Waals surface area contributed by atoms with Crippen LogP contribution in [0, 0.1) is 19.3 Å². The molecule has 0 saturated heterocycles. The van der Waals surface area contributed by atoms with Crippen molar-refractivity contribution in [3.8, 4) is 12.3 Å². The normalized spacial score (nSPS) is 10.4. The van der Waals surface area contributed by atoms with Crippen LogP contribution in [-0.4, -0.2) is 26.1 Å². The Morgan fingerprint density at radius 1 is 1.65 bits per heavy atom. The molecule has 0 aliphatic rings. The molecule has 6 nitrogen and oxygen atoms in total. The van der Waals surface area contributed by atoms with E-state index in [1.165, 1.54) is 4.40 Å². The fourth-order valence-corrected chi connectivity index (χ4v) is 1.60. The molecule has 0 saturated carbocycles. The molecule has 2 aromatic rings. The number of aromatic amines is 1. The van der Waals surface area contributed by atoms with Crippen molar-refractivity contribution in [2.75, 3.05) is 11.9 Å². The van der Waals surface area contributed by atoms with Gasteiger partial charge < -0.3 is 5.32 Å². The van der Waals surface area contributed by atoms with Crippen LogP contribution in [0.4, 0.5) is 5.82 Å². The van der Waals surface area contributed by atoms with E-state index < -0.39 is 0 Å². The van der Waals surface area contributed by atoms with E-state index in [2.05, 4.69) is 26.4 Å². The van der Waals surface area contributed by atoms with E-state index in [0.717, 1.165) is 19.4 Å². The van der Waals surface area contributed by atoms with Gasteiger partial charge in [0.1, 0.15) is 11.6 Å². The molecule has 0 radical (unpaired) electrons. The molecule has 2 aromatic heterocycles. The molecule has 0 amide bonds. The highest BCUT2D eigenvalue weighted by atomic mass is 16.1. The molecule has 6 heteroatoms. The standard InChI is InChI=1S/C11H13N5O/c1-3-4-5-6-12-9-7-10-14-15-11(17)16(10)8(2)13-9/h1,7,12H,4-6H2,2H3,(H,15,17). The summed E-state index contributed by atoms with van der Waals surface area (Å²) in [7, 11) is 0. The topological polar surface area (TPSA) is 75.1 Å². The molecule has 17 heavy (non-hydrogen) atoms. The first-order valence-corrected chi connectivity index (χ1v) is 5.34. The predicted octanol–water partition coefficient (Wildman–Crippen LogP) is 0.551. The van der Waals surface area contributed by atoms with Crippen molar-refractivity contribution in [2.24, 2.45) is 0 Å². The highest BCUT2D eigenvalue weighted by Gasteiger charge is 2.05. The number of fused-ring (bicyclic) bond motifs is 1. The van der Waals surface area contributed by atoms with Gasteiger partial charge in [0.2, 0.25) is 0 Å². The molecule has 0 spiro atoms. The number of aromatic nitrogens is 4. The van der Waals surface area contributed by atoms with E-state index in [4.69, 9.17) is 6.42 Å². The number of unbranched alkanes of at least 4 members (excludes halogenated alkanes) is 1. The van der Waals surface area contributed by atoms with Gasteiger partial charge in [-0.3, -0.25) is 0 Å². The highest BCUT2D eigenvalue weighted by Crippen LogP contribution is 2.07. The maximum Gasteiger partial charge on any atom is 0.349 e. The monoisotopic (exact) mass is 231 g/mol. The van der Waals surface area contributed by atoms with E-state index in [1.54, 1.807) is 13.0 Å². The minimum Gasteiger partial charge on any atom is -0.370 e. The van der Waals surface area contributed by atoms with Gasteiger partial charge in [-0.1, -0.05) is 0 Å². The zero-order valence-corrected chi connectivity index (χ0v) is 9.53. The molecule has 0 fully saturated rings. The summed E-state index contributed by atoms with van der Waals surface area (Å²) in [6, 6.07) is 1.72. The molecule has 0 aliphatic heterocycles. The summed E-state index contributed by atoms with van der Waals surface area (Å²) >= 11 is 0. The van der Waals surface area contributed by atoms with Crippen molar-refractivity contribution in [1.29, 1.82) is 0 Å². The van der Waals surface area contributed by atoms with Crippen LogP contribution in [0.25, 0.3) is 5.65 Å². The minimum absolute atomic E-state index is 0.274. The third-order valence-electron chi connectivity index (χ3n) is 2.37. The number of anilines is 1. The van der Waals surface area contributed by atoms with Crippen LogP contribution < -0.4 is 11.0 Å². The SMILES string of the molecule is C#CCCCNc1cc2n[nH]c(=O)n2c(C)n1. The van der Waals surface area contributed by atoms with Crippen molar-refractivity contribution in [2.45, 2.75) is 19.8 Å². The number of nitrogens with zero attached hydrogens (tertiary/aromatic N) is 3. The van der Waals surface area contributed by atoms with Crippen LogP contribution in [0.2, 0.25) is 0 Å². The number of aryl methyl sites for hydroxylation is 1. The Morgan fingerprint density at radius 2 is 2.47 bits per heavy atom. The van der Waals surface area contributed by atoms with Gasteiger partial charge >= 0.3 is 5.69 Å². The maximum absolute atomic E-state index is 11.4. The van der Waals surface area contributed by atoms with E-state index >= 15 is 0 Å². The second kappa shape index (κ2) is 4.70. The van der Waals surface area contributed by atoms with E-state index in [-0.39, 0.29) is 5.69 Å². The summed E-state index contributed by atoms with van der Waals surface area (Å²) in [6.07, 6.45) is 6.78. The summed E-state index contributed by atoms with van der Waals surface area (Å²) in [5.74, 6) is 3.87. The second-order valence-corrected chi connectivity index (χ2v) is 3.65. The first kappa shape index (κ1) is 11.2. The van der Waals surface area contributed by atoms with Crippen molar-refractivity contribution in [3.05, 3.63) is 22.4 Å². The average molecular weight is 231 g/mol.